The lowest BCUT2D eigenvalue weighted by atomic mass is 9.90. The molecule has 1 fully saturated rings. The number of hydrogen-bond donors (Lipinski definition) is 0. The van der Waals surface area contributed by atoms with E-state index in [4.69, 9.17) is 32.5 Å². The van der Waals surface area contributed by atoms with Gasteiger partial charge < -0.3 is 4.42 Å². The first-order valence-electron chi connectivity index (χ1n) is 10.9. The molecule has 0 atom stereocenters. The van der Waals surface area contributed by atoms with Gasteiger partial charge in [-0.3, -0.25) is 9.74 Å². The summed E-state index contributed by atoms with van der Waals surface area (Å²) >= 11 is 12.4. The van der Waals surface area contributed by atoms with Crippen molar-refractivity contribution in [1.29, 1.82) is 0 Å². The minimum Gasteiger partial charge on any atom is -0.464 e. The van der Waals surface area contributed by atoms with Gasteiger partial charge in [-0.15, -0.1) is 0 Å². The minimum absolute atomic E-state index is 0.0378. The zero-order valence-electron chi connectivity index (χ0n) is 17.6. The van der Waals surface area contributed by atoms with Crippen molar-refractivity contribution in [3.8, 4) is 0 Å². The second-order valence-electron chi connectivity index (χ2n) is 8.23. The van der Waals surface area contributed by atoms with Gasteiger partial charge in [0.05, 0.1) is 17.9 Å². The summed E-state index contributed by atoms with van der Waals surface area (Å²) in [6, 6.07) is 7.24. The Kier molecular flexibility index (Phi) is 6.37. The molecule has 0 N–H and O–H groups in total. The number of pyridine rings is 1. The molecule has 0 bridgehead atoms. The number of fused-ring (bicyclic) bond motifs is 1. The molecule has 0 saturated heterocycles. The van der Waals surface area contributed by atoms with Gasteiger partial charge in [0.2, 0.25) is 0 Å². The Balaban J connectivity index is 1.36. The molecule has 168 valence electrons. The van der Waals surface area contributed by atoms with Crippen molar-refractivity contribution in [2.45, 2.75) is 38.1 Å². The molecule has 8 heteroatoms. The molecule has 1 aliphatic carbocycles. The van der Waals surface area contributed by atoms with Crippen molar-refractivity contribution in [3.05, 3.63) is 69.9 Å². The highest BCUT2D eigenvalue weighted by Crippen LogP contribution is 2.31. The average molecular weight is 476 g/mol. The molecule has 5 nitrogen and oxygen atoms in total. The van der Waals surface area contributed by atoms with E-state index in [1.807, 2.05) is 12.1 Å². The summed E-state index contributed by atoms with van der Waals surface area (Å²) in [6.45, 7) is 2.15. The third-order valence-electron chi connectivity index (χ3n) is 6.31. The number of benzene rings is 1. The maximum atomic E-state index is 13.9. The third-order valence-corrected chi connectivity index (χ3v) is 7.07. The Morgan fingerprint density at radius 2 is 2.12 bits per heavy atom. The second-order valence-corrected chi connectivity index (χ2v) is 9.01. The fourth-order valence-electron chi connectivity index (χ4n) is 4.23. The van der Waals surface area contributed by atoms with Gasteiger partial charge in [0.15, 0.2) is 5.82 Å². The van der Waals surface area contributed by atoms with Crippen LogP contribution in [-0.2, 0) is 11.3 Å². The monoisotopic (exact) mass is 475 g/mol. The van der Waals surface area contributed by atoms with Gasteiger partial charge in [-0.25, -0.2) is 14.4 Å². The normalized spacial score (nSPS) is 17.4. The highest BCUT2D eigenvalue weighted by atomic mass is 35.5. The quantitative estimate of drug-likeness (QED) is 0.292. The van der Waals surface area contributed by atoms with E-state index in [2.05, 4.69) is 16.0 Å². The number of nitrogens with zero attached hydrogens (tertiary/aromatic N) is 3. The van der Waals surface area contributed by atoms with E-state index in [9.17, 15) is 4.39 Å². The lowest BCUT2D eigenvalue weighted by molar-refractivity contribution is 0.107. The van der Waals surface area contributed by atoms with Gasteiger partial charge in [-0.05, 0) is 42.7 Å². The Labute approximate surface area is 196 Å². The van der Waals surface area contributed by atoms with Crippen LogP contribution in [-0.4, -0.2) is 35.6 Å². The second kappa shape index (κ2) is 9.40. The Morgan fingerprint density at radius 3 is 2.88 bits per heavy atom. The van der Waals surface area contributed by atoms with E-state index in [1.54, 1.807) is 17.5 Å². The van der Waals surface area contributed by atoms with E-state index in [-0.39, 0.29) is 11.6 Å². The molecule has 2 aliphatic rings. The van der Waals surface area contributed by atoms with Crippen LogP contribution >= 0.6 is 23.2 Å². The molecule has 3 aromatic rings. The smallest absolute Gasteiger partial charge is 0.161 e. The molecule has 3 heterocycles. The molecule has 5 rings (SSSR count). The highest BCUT2D eigenvalue weighted by Gasteiger charge is 2.28. The largest absolute Gasteiger partial charge is 0.464 e. The van der Waals surface area contributed by atoms with Gasteiger partial charge in [-0.2, -0.15) is 0 Å². The summed E-state index contributed by atoms with van der Waals surface area (Å²) < 4.78 is 19.4. The predicted molar refractivity (Wildman–Crippen MR) is 124 cm³/mol. The molecule has 0 unspecified atom stereocenters. The molecular weight excluding hydrogens is 452 g/mol. The summed E-state index contributed by atoms with van der Waals surface area (Å²) in [7, 11) is 0. The van der Waals surface area contributed by atoms with Crippen molar-refractivity contribution in [3.63, 3.8) is 0 Å². The Hall–Kier alpha value is -2.12. The number of furan rings is 1. The van der Waals surface area contributed by atoms with Crippen molar-refractivity contribution >= 4 is 40.0 Å². The SMILES string of the molecule is Fc1ccc(Cl)c(CCON(C2=CCN(C3CCC3)CC2)c2cc3occc3cn2)c1Cl. The number of aromatic nitrogens is 1. The van der Waals surface area contributed by atoms with Crippen LogP contribution in [0.15, 0.2) is 52.9 Å². The van der Waals surface area contributed by atoms with Crippen molar-refractivity contribution in [2.24, 2.45) is 0 Å². The first kappa shape index (κ1) is 21.7. The minimum atomic E-state index is -0.487. The molecule has 1 saturated carbocycles. The molecule has 32 heavy (non-hydrogen) atoms. The summed E-state index contributed by atoms with van der Waals surface area (Å²) in [5, 5.41) is 3.16. The summed E-state index contributed by atoms with van der Waals surface area (Å²) in [6.07, 6.45) is 10.8. The van der Waals surface area contributed by atoms with Crippen LogP contribution in [0.25, 0.3) is 11.0 Å². The van der Waals surface area contributed by atoms with Gasteiger partial charge in [0.25, 0.3) is 0 Å². The van der Waals surface area contributed by atoms with Crippen LogP contribution in [0.1, 0.15) is 31.2 Å². The molecular formula is C24H24Cl2FN3O2. The van der Waals surface area contributed by atoms with Crippen molar-refractivity contribution in [1.82, 2.24) is 9.88 Å². The number of anilines is 1. The zero-order chi connectivity index (χ0) is 22.1. The van der Waals surface area contributed by atoms with Crippen LogP contribution in [0.3, 0.4) is 0 Å². The first-order valence-corrected chi connectivity index (χ1v) is 11.7. The van der Waals surface area contributed by atoms with Crippen LogP contribution in [0, 0.1) is 5.82 Å². The maximum absolute atomic E-state index is 13.9. The maximum Gasteiger partial charge on any atom is 0.161 e. The van der Waals surface area contributed by atoms with Crippen molar-refractivity contribution < 1.29 is 13.6 Å². The third kappa shape index (κ3) is 4.37. The molecule has 0 radical (unpaired) electrons. The van der Waals surface area contributed by atoms with Gasteiger partial charge in [0, 0.05) is 60.3 Å². The fourth-order valence-corrected chi connectivity index (χ4v) is 4.79. The summed E-state index contributed by atoms with van der Waals surface area (Å²) in [4.78, 5) is 13.3. The molecule has 0 amide bonds. The van der Waals surface area contributed by atoms with E-state index in [1.165, 1.54) is 31.4 Å². The lowest BCUT2D eigenvalue weighted by Crippen LogP contribution is -2.44. The number of hydrogen-bond acceptors (Lipinski definition) is 5. The van der Waals surface area contributed by atoms with Gasteiger partial charge in [-0.1, -0.05) is 29.6 Å². The van der Waals surface area contributed by atoms with E-state index < -0.39 is 5.82 Å². The Bertz CT molecular complexity index is 1150. The number of hydroxylamine groups is 1. The zero-order valence-corrected chi connectivity index (χ0v) is 19.1. The van der Waals surface area contributed by atoms with E-state index in [0.29, 0.717) is 28.9 Å². The molecule has 2 aromatic heterocycles. The number of rotatable bonds is 7. The standard InChI is InChI=1S/C24H24Cl2FN3O2/c25-20-4-5-21(27)24(26)19(20)9-13-32-30(23-14-22-16(15-28-23)8-12-31-22)18-6-10-29(11-7-18)17-2-1-3-17/h4-6,8,12,14-15,17H,1-3,7,9-11,13H2. The predicted octanol–water partition coefficient (Wildman–Crippen LogP) is 6.40. The van der Waals surface area contributed by atoms with E-state index in [0.717, 1.165) is 36.2 Å². The van der Waals surface area contributed by atoms with E-state index >= 15 is 0 Å². The van der Waals surface area contributed by atoms with Crippen LogP contribution in [0.5, 0.6) is 0 Å². The number of halogens is 3. The first-order chi connectivity index (χ1) is 15.6. The average Bonchev–Trinajstić information content (AvgIpc) is 3.23. The molecule has 0 spiro atoms. The van der Waals surface area contributed by atoms with Crippen molar-refractivity contribution in [2.75, 3.05) is 24.8 Å². The van der Waals surface area contributed by atoms with Gasteiger partial charge >= 0.3 is 0 Å². The Morgan fingerprint density at radius 1 is 1.25 bits per heavy atom. The van der Waals surface area contributed by atoms with Crippen LogP contribution < -0.4 is 5.06 Å². The molecule has 1 aromatic carbocycles. The summed E-state index contributed by atoms with van der Waals surface area (Å²) in [5.41, 5.74) is 2.33. The highest BCUT2D eigenvalue weighted by molar-refractivity contribution is 6.36. The lowest BCUT2D eigenvalue weighted by Gasteiger charge is -2.40. The van der Waals surface area contributed by atoms with Crippen LogP contribution in [0.2, 0.25) is 10.0 Å². The topological polar surface area (TPSA) is 41.7 Å². The summed E-state index contributed by atoms with van der Waals surface area (Å²) in [5.74, 6) is 0.158. The van der Waals surface area contributed by atoms with Gasteiger partial charge in [0.1, 0.15) is 11.4 Å². The molecule has 1 aliphatic heterocycles. The van der Waals surface area contributed by atoms with Crippen LogP contribution in [0.4, 0.5) is 10.2 Å². The fraction of sp³-hybridized carbons (Fsp3) is 0.375.